The minimum Gasteiger partial charge on any atom is -0.389 e. The largest absolute Gasteiger partial charge is 0.389 e. The predicted molar refractivity (Wildman–Crippen MR) is 70.1 cm³/mol. The van der Waals surface area contributed by atoms with Gasteiger partial charge in [0.25, 0.3) is 0 Å². The van der Waals surface area contributed by atoms with Gasteiger partial charge in [0.2, 0.25) is 0 Å². The van der Waals surface area contributed by atoms with Gasteiger partial charge in [-0.1, -0.05) is 0 Å². The lowest BCUT2D eigenvalue weighted by Crippen LogP contribution is -2.40. The van der Waals surface area contributed by atoms with Crippen LogP contribution < -0.4 is 5.32 Å². The van der Waals surface area contributed by atoms with Gasteiger partial charge < -0.3 is 15.2 Å². The first-order valence-electron chi connectivity index (χ1n) is 6.10. The van der Waals surface area contributed by atoms with E-state index in [9.17, 15) is 5.11 Å². The molecule has 16 heavy (non-hydrogen) atoms. The van der Waals surface area contributed by atoms with E-state index in [4.69, 9.17) is 4.74 Å². The van der Waals surface area contributed by atoms with Gasteiger partial charge >= 0.3 is 0 Å². The molecule has 1 unspecified atom stereocenters. The maximum Gasteiger partial charge on any atom is 0.0898 e. The third-order valence-electron chi connectivity index (χ3n) is 2.57. The Labute approximate surface area is 103 Å². The molecule has 0 bridgehead atoms. The molecule has 3 nitrogen and oxygen atoms in total. The quantitative estimate of drug-likeness (QED) is 0.775. The molecule has 2 N–H and O–H groups in total. The Kier molecular flexibility index (Phi) is 6.11. The second-order valence-corrected chi connectivity index (χ2v) is 6.60. The average Bonchev–Trinajstić information content (AvgIpc) is 2.24. The molecule has 0 spiro atoms. The molecule has 1 saturated heterocycles. The molecule has 0 amide bonds. The molecule has 1 atom stereocenters. The third-order valence-corrected chi connectivity index (χ3v) is 3.62. The normalized spacial score (nSPS) is 21.0. The van der Waals surface area contributed by atoms with Crippen molar-refractivity contribution >= 4 is 11.8 Å². The van der Waals surface area contributed by atoms with Gasteiger partial charge in [-0.05, 0) is 45.1 Å². The Balaban J connectivity index is 2.07. The molecule has 0 aliphatic carbocycles. The first-order chi connectivity index (χ1) is 7.47. The molecule has 0 aromatic carbocycles. The van der Waals surface area contributed by atoms with Gasteiger partial charge in [-0.3, -0.25) is 0 Å². The number of rotatable bonds is 5. The SMILES string of the molecule is CC(C)(C)OCC(O)CNC1CCSCC1. The highest BCUT2D eigenvalue weighted by atomic mass is 32.2. The summed E-state index contributed by atoms with van der Waals surface area (Å²) in [5, 5.41) is 13.2. The van der Waals surface area contributed by atoms with Crippen LogP contribution in [0, 0.1) is 0 Å². The van der Waals surface area contributed by atoms with Crippen molar-refractivity contribution in [3.8, 4) is 0 Å². The van der Waals surface area contributed by atoms with Crippen LogP contribution in [0.25, 0.3) is 0 Å². The van der Waals surface area contributed by atoms with Gasteiger partial charge in [-0.25, -0.2) is 0 Å². The summed E-state index contributed by atoms with van der Waals surface area (Å²) in [5.74, 6) is 2.48. The van der Waals surface area contributed by atoms with E-state index in [1.165, 1.54) is 24.3 Å². The van der Waals surface area contributed by atoms with Crippen LogP contribution in [0.15, 0.2) is 0 Å². The summed E-state index contributed by atoms with van der Waals surface area (Å²) in [4.78, 5) is 0. The molecule has 1 rings (SSSR count). The Bertz CT molecular complexity index is 188. The lowest BCUT2D eigenvalue weighted by Gasteiger charge is -2.25. The Morgan fingerprint density at radius 1 is 1.38 bits per heavy atom. The van der Waals surface area contributed by atoms with E-state index in [0.717, 1.165) is 0 Å². The molecule has 0 aromatic heterocycles. The Morgan fingerprint density at radius 2 is 2.00 bits per heavy atom. The minimum atomic E-state index is -0.395. The molecule has 0 saturated carbocycles. The molecule has 1 aliphatic heterocycles. The highest BCUT2D eigenvalue weighted by Crippen LogP contribution is 2.16. The summed E-state index contributed by atoms with van der Waals surface area (Å²) < 4.78 is 5.54. The topological polar surface area (TPSA) is 41.5 Å². The fraction of sp³-hybridized carbons (Fsp3) is 1.00. The van der Waals surface area contributed by atoms with Gasteiger partial charge in [0, 0.05) is 12.6 Å². The first-order valence-corrected chi connectivity index (χ1v) is 7.26. The van der Waals surface area contributed by atoms with Gasteiger partial charge in [0.15, 0.2) is 0 Å². The standard InChI is InChI=1S/C12H25NO2S/c1-12(2,3)15-9-11(14)8-13-10-4-6-16-7-5-10/h10-11,13-14H,4-9H2,1-3H3. The molecule has 1 fully saturated rings. The highest BCUT2D eigenvalue weighted by molar-refractivity contribution is 7.99. The second-order valence-electron chi connectivity index (χ2n) is 5.37. The maximum absolute atomic E-state index is 9.75. The molecule has 1 heterocycles. The summed E-state index contributed by atoms with van der Waals surface area (Å²) in [6, 6.07) is 0.588. The molecular formula is C12H25NO2S. The zero-order chi connectivity index (χ0) is 12.0. The highest BCUT2D eigenvalue weighted by Gasteiger charge is 2.16. The number of hydrogen-bond donors (Lipinski definition) is 2. The summed E-state index contributed by atoms with van der Waals surface area (Å²) in [5.41, 5.74) is -0.164. The van der Waals surface area contributed by atoms with Crippen molar-refractivity contribution in [3.05, 3.63) is 0 Å². The van der Waals surface area contributed by atoms with E-state index in [0.29, 0.717) is 19.2 Å². The maximum atomic E-state index is 9.75. The Hall–Kier alpha value is 0.230. The summed E-state index contributed by atoms with van der Waals surface area (Å²) in [7, 11) is 0. The number of hydrogen-bond acceptors (Lipinski definition) is 4. The van der Waals surface area contributed by atoms with Crippen LogP contribution in [0.4, 0.5) is 0 Å². The number of thioether (sulfide) groups is 1. The van der Waals surface area contributed by atoms with Crippen molar-refractivity contribution in [1.29, 1.82) is 0 Å². The summed E-state index contributed by atoms with van der Waals surface area (Å²) >= 11 is 2.02. The van der Waals surface area contributed by atoms with E-state index >= 15 is 0 Å². The van der Waals surface area contributed by atoms with Crippen LogP contribution in [0.3, 0.4) is 0 Å². The van der Waals surface area contributed by atoms with E-state index in [1.54, 1.807) is 0 Å². The number of aliphatic hydroxyl groups is 1. The molecule has 0 radical (unpaired) electrons. The third kappa shape index (κ3) is 6.74. The second kappa shape index (κ2) is 6.84. The van der Waals surface area contributed by atoms with E-state index in [-0.39, 0.29) is 5.60 Å². The Morgan fingerprint density at radius 3 is 2.56 bits per heavy atom. The van der Waals surface area contributed by atoms with Crippen molar-refractivity contribution < 1.29 is 9.84 Å². The number of ether oxygens (including phenoxy) is 1. The van der Waals surface area contributed by atoms with E-state index in [1.807, 2.05) is 32.5 Å². The monoisotopic (exact) mass is 247 g/mol. The van der Waals surface area contributed by atoms with E-state index < -0.39 is 6.10 Å². The van der Waals surface area contributed by atoms with Crippen LogP contribution in [0.5, 0.6) is 0 Å². The molecular weight excluding hydrogens is 222 g/mol. The van der Waals surface area contributed by atoms with Crippen molar-refractivity contribution in [2.45, 2.75) is 51.4 Å². The van der Waals surface area contributed by atoms with Crippen molar-refractivity contribution in [1.82, 2.24) is 5.32 Å². The van der Waals surface area contributed by atoms with Gasteiger partial charge in [-0.2, -0.15) is 11.8 Å². The smallest absolute Gasteiger partial charge is 0.0898 e. The van der Waals surface area contributed by atoms with Crippen molar-refractivity contribution in [2.75, 3.05) is 24.7 Å². The summed E-state index contributed by atoms with van der Waals surface area (Å²) in [6.07, 6.45) is 2.04. The zero-order valence-electron chi connectivity index (χ0n) is 10.7. The minimum absolute atomic E-state index is 0.164. The lowest BCUT2D eigenvalue weighted by molar-refractivity contribution is -0.0484. The van der Waals surface area contributed by atoms with Crippen LogP contribution in [-0.4, -0.2) is 47.5 Å². The summed E-state index contributed by atoms with van der Waals surface area (Å²) in [6.45, 7) is 7.08. The van der Waals surface area contributed by atoms with Gasteiger partial charge in [0.1, 0.15) is 0 Å². The van der Waals surface area contributed by atoms with Crippen molar-refractivity contribution in [2.24, 2.45) is 0 Å². The average molecular weight is 247 g/mol. The van der Waals surface area contributed by atoms with Crippen LogP contribution in [0.2, 0.25) is 0 Å². The van der Waals surface area contributed by atoms with Crippen LogP contribution in [0.1, 0.15) is 33.6 Å². The fourth-order valence-electron chi connectivity index (χ4n) is 1.61. The van der Waals surface area contributed by atoms with Crippen molar-refractivity contribution in [3.63, 3.8) is 0 Å². The van der Waals surface area contributed by atoms with Gasteiger partial charge in [0.05, 0.1) is 18.3 Å². The molecule has 1 aliphatic rings. The van der Waals surface area contributed by atoms with Gasteiger partial charge in [-0.15, -0.1) is 0 Å². The fourth-order valence-corrected chi connectivity index (χ4v) is 2.72. The predicted octanol–water partition coefficient (Wildman–Crippen LogP) is 1.65. The van der Waals surface area contributed by atoms with Crippen LogP contribution in [-0.2, 0) is 4.74 Å². The molecule has 4 heteroatoms. The van der Waals surface area contributed by atoms with E-state index in [2.05, 4.69) is 5.32 Å². The van der Waals surface area contributed by atoms with Crippen LogP contribution >= 0.6 is 11.8 Å². The number of aliphatic hydroxyl groups excluding tert-OH is 1. The molecule has 96 valence electrons. The lowest BCUT2D eigenvalue weighted by atomic mass is 10.1. The number of nitrogens with one attached hydrogen (secondary N) is 1. The zero-order valence-corrected chi connectivity index (χ0v) is 11.5. The first kappa shape index (κ1) is 14.3. The molecule has 0 aromatic rings.